The normalized spacial score (nSPS) is 2.50. The van der Waals surface area contributed by atoms with Crippen LogP contribution < -0.4 is 0 Å². The molecule has 0 atom stereocenters. The van der Waals surface area contributed by atoms with Crippen LogP contribution in [0.25, 0.3) is 0 Å². The molecular formula is Li2O6. The molecule has 0 heterocycles. The van der Waals surface area contributed by atoms with Gasteiger partial charge in [0.25, 0.3) is 0 Å². The molecule has 0 aromatic carbocycles. The number of hydrogen-bond donors (Lipinski definition) is 0. The predicted octanol–water partition coefficient (Wildman–Crippen LogP) is -0.561. The van der Waals surface area contributed by atoms with Crippen LogP contribution in [-0.4, -0.2) is 30.8 Å². The van der Waals surface area contributed by atoms with E-state index < -0.39 is 0 Å². The van der Waals surface area contributed by atoms with Crippen molar-refractivity contribution in [3.05, 3.63) is 29.8 Å². The van der Waals surface area contributed by atoms with E-state index in [0.717, 1.165) is 0 Å². The maximum atomic E-state index is 7.00. The first kappa shape index (κ1) is 24.5. The average molecular weight is 110 g/mol. The average Bonchev–Trinajstić information content (AvgIpc) is 2.03. The summed E-state index contributed by atoms with van der Waals surface area (Å²) in [7, 11) is 0. The van der Waals surface area contributed by atoms with Crippen molar-refractivity contribution in [3.8, 4) is 0 Å². The van der Waals surface area contributed by atoms with Gasteiger partial charge in [-0.1, -0.05) is 0 Å². The van der Waals surface area contributed by atoms with Crippen LogP contribution >= 0.6 is 0 Å². The summed E-state index contributed by atoms with van der Waals surface area (Å²) < 4.78 is 0. The SMILES string of the molecule is O=O.O=O.O=O.[Li][Li]. The fourth-order valence-electron chi connectivity index (χ4n) is 0. The molecule has 0 aromatic heterocycles. The molecule has 0 aliphatic heterocycles. The van der Waals surface area contributed by atoms with Gasteiger partial charge in [0.05, 0.1) is 0 Å². The van der Waals surface area contributed by atoms with E-state index in [0.29, 0.717) is 0 Å². The zero-order valence-corrected chi connectivity index (χ0v) is 4.45. The van der Waals surface area contributed by atoms with Gasteiger partial charge in [-0.3, -0.25) is 0 Å². The Bertz CT molecular complexity index is 11.2. The summed E-state index contributed by atoms with van der Waals surface area (Å²) in [5.41, 5.74) is 0. The van der Waals surface area contributed by atoms with Gasteiger partial charge in [-0.2, -0.15) is 0 Å². The second kappa shape index (κ2) is 9320000. The molecule has 0 radical (unpaired) electrons. The van der Waals surface area contributed by atoms with E-state index >= 15 is 0 Å². The molecule has 0 aromatic rings. The molecule has 0 saturated heterocycles. The fraction of sp³-hybridized carbons (Fsp3) is 0. The third-order valence-electron chi connectivity index (χ3n) is 0. The Morgan fingerprint density at radius 3 is 0.500 bits per heavy atom. The number of rotatable bonds is 0. The summed E-state index contributed by atoms with van der Waals surface area (Å²) in [6.07, 6.45) is 0. The fourth-order valence-corrected chi connectivity index (χ4v) is 0. The van der Waals surface area contributed by atoms with Crippen molar-refractivity contribution >= 4 is 30.8 Å². The van der Waals surface area contributed by atoms with Gasteiger partial charge in [-0.05, 0) is 0 Å². The quantitative estimate of drug-likeness (QED) is 0.387. The van der Waals surface area contributed by atoms with E-state index in [1.54, 1.807) is 0 Å². The van der Waals surface area contributed by atoms with Gasteiger partial charge in [-0.15, -0.1) is 0 Å². The molecule has 0 aliphatic rings. The monoisotopic (exact) mass is 110 g/mol. The molecular weight excluding hydrogens is 110 g/mol. The molecule has 0 fully saturated rings. The molecule has 0 amide bonds. The number of hydrogen-bond acceptors (Lipinski definition) is 6. The second-order valence-corrected chi connectivity index (χ2v) is 0. The summed E-state index contributed by atoms with van der Waals surface area (Å²) in [5, 5.41) is 0. The zero-order valence-electron chi connectivity index (χ0n) is 4.45. The van der Waals surface area contributed by atoms with Crippen molar-refractivity contribution in [2.75, 3.05) is 0 Å². The Morgan fingerprint density at radius 1 is 0.500 bits per heavy atom. The summed E-state index contributed by atoms with van der Waals surface area (Å²) >= 11 is 4.00. The topological polar surface area (TPSA) is 102 Å². The Hall–Kier alpha value is -0.00519. The molecule has 0 bridgehead atoms. The first-order valence-electron chi connectivity index (χ1n) is 1.50. The zero-order chi connectivity index (χ0) is 8.00. The van der Waals surface area contributed by atoms with Crippen molar-refractivity contribution in [1.29, 1.82) is 0 Å². The molecule has 0 saturated carbocycles. The first-order chi connectivity index (χ1) is 4.00. The molecule has 0 unspecified atom stereocenters. The molecule has 8 heteroatoms. The standard InChI is InChI=1S/2Li.3O2/c;;3*1-2. The summed E-state index contributed by atoms with van der Waals surface area (Å²) in [6.45, 7) is 0. The third kappa shape index (κ3) is 5540000. The van der Waals surface area contributed by atoms with E-state index in [1.165, 1.54) is 0 Å². The van der Waals surface area contributed by atoms with Gasteiger partial charge < -0.3 is 0 Å². The van der Waals surface area contributed by atoms with Crippen molar-refractivity contribution in [3.63, 3.8) is 0 Å². The molecule has 0 rings (SSSR count). The van der Waals surface area contributed by atoms with Gasteiger partial charge in [-0.25, -0.2) is 0 Å². The van der Waals surface area contributed by atoms with E-state index in [1.807, 2.05) is 30.8 Å². The van der Waals surface area contributed by atoms with Gasteiger partial charge in [0, 0.05) is 29.8 Å². The van der Waals surface area contributed by atoms with Crippen LogP contribution in [0.3, 0.4) is 0 Å². The van der Waals surface area contributed by atoms with Crippen LogP contribution in [0.5, 0.6) is 0 Å². The Morgan fingerprint density at radius 2 is 0.500 bits per heavy atom. The maximum absolute atomic E-state index is 7.00. The molecule has 38 valence electrons. The van der Waals surface area contributed by atoms with Gasteiger partial charge in [0.1, 0.15) is 0 Å². The second-order valence-electron chi connectivity index (χ2n) is 0. The van der Waals surface area contributed by atoms with Crippen LogP contribution in [0, 0.1) is 29.8 Å². The van der Waals surface area contributed by atoms with Crippen molar-refractivity contribution in [1.82, 2.24) is 0 Å². The molecule has 0 spiro atoms. The first-order valence-corrected chi connectivity index (χ1v) is 1.50. The van der Waals surface area contributed by atoms with E-state index in [4.69, 9.17) is 29.8 Å². The van der Waals surface area contributed by atoms with E-state index in [9.17, 15) is 0 Å². The molecule has 0 N–H and O–H groups in total. The van der Waals surface area contributed by atoms with Crippen molar-refractivity contribution in [2.45, 2.75) is 0 Å². The molecule has 8 heavy (non-hydrogen) atoms. The Kier molecular flexibility index (Phi) is 28500000. The van der Waals surface area contributed by atoms with Gasteiger partial charge in [0.2, 0.25) is 0 Å². The Labute approximate surface area is 60.8 Å². The minimum atomic E-state index is 2.00. The van der Waals surface area contributed by atoms with Gasteiger partial charge >= 0.3 is 30.8 Å². The summed E-state index contributed by atoms with van der Waals surface area (Å²) in [5.74, 6) is 0. The van der Waals surface area contributed by atoms with Crippen LogP contribution in [0.15, 0.2) is 0 Å². The third-order valence-corrected chi connectivity index (χ3v) is 0. The summed E-state index contributed by atoms with van der Waals surface area (Å²) in [6, 6.07) is 0. The van der Waals surface area contributed by atoms with E-state index in [-0.39, 0.29) is 0 Å². The van der Waals surface area contributed by atoms with Crippen LogP contribution in [0.2, 0.25) is 0 Å². The van der Waals surface area contributed by atoms with E-state index in [2.05, 4.69) is 0 Å². The van der Waals surface area contributed by atoms with Crippen LogP contribution in [0.4, 0.5) is 0 Å². The van der Waals surface area contributed by atoms with Crippen molar-refractivity contribution < 1.29 is 0 Å². The van der Waals surface area contributed by atoms with Crippen LogP contribution in [-0.2, 0) is 0 Å². The molecule has 6 nitrogen and oxygen atoms in total. The predicted molar refractivity (Wildman–Crippen MR) is 31.7 cm³/mol. The Balaban J connectivity index is -0.0000000133. The minimum absolute atomic E-state index is 2.00. The van der Waals surface area contributed by atoms with Crippen molar-refractivity contribution in [2.24, 2.45) is 0 Å². The van der Waals surface area contributed by atoms with Gasteiger partial charge in [0.15, 0.2) is 0 Å². The summed E-state index contributed by atoms with van der Waals surface area (Å²) in [4.78, 5) is 42.0. The molecule has 0 aliphatic carbocycles. The van der Waals surface area contributed by atoms with Crippen LogP contribution in [0.1, 0.15) is 0 Å².